The summed E-state index contributed by atoms with van der Waals surface area (Å²) in [5, 5.41) is 0. The highest BCUT2D eigenvalue weighted by Crippen LogP contribution is 2.29. The van der Waals surface area contributed by atoms with Crippen LogP contribution >= 0.6 is 0 Å². The van der Waals surface area contributed by atoms with Crippen LogP contribution in [0.2, 0.25) is 0 Å². The van der Waals surface area contributed by atoms with Crippen LogP contribution in [0.25, 0.3) is 17.2 Å². The van der Waals surface area contributed by atoms with Crippen LogP contribution in [-0.2, 0) is 39.0 Å². The number of imidazole rings is 1. The van der Waals surface area contributed by atoms with Crippen molar-refractivity contribution in [2.45, 2.75) is 64.2 Å². The molecule has 0 aliphatic rings. The van der Waals surface area contributed by atoms with Gasteiger partial charge in [-0.2, -0.15) is 0 Å². The van der Waals surface area contributed by atoms with E-state index in [1.54, 1.807) is 12.4 Å². The lowest BCUT2D eigenvalue weighted by Gasteiger charge is -2.11. The zero-order chi connectivity index (χ0) is 32.0. The van der Waals surface area contributed by atoms with Gasteiger partial charge in [-0.25, -0.2) is 4.98 Å². The van der Waals surface area contributed by atoms with Gasteiger partial charge in [-0.15, -0.1) is 0 Å². The number of aromatic nitrogens is 2. The number of carbonyl (C=O) groups is 1. The molecule has 0 bridgehead atoms. The van der Waals surface area contributed by atoms with Crippen molar-refractivity contribution in [1.82, 2.24) is 9.55 Å². The number of hydrogen-bond donors (Lipinski definition) is 0. The van der Waals surface area contributed by atoms with Crippen LogP contribution in [0, 0.1) is 6.92 Å². The molecule has 0 saturated heterocycles. The van der Waals surface area contributed by atoms with Gasteiger partial charge >= 0.3 is 0 Å². The van der Waals surface area contributed by atoms with Crippen LogP contribution in [0.1, 0.15) is 56.1 Å². The topological polar surface area (TPSA) is 79.7 Å². The molecule has 0 aliphatic carbocycles. The first-order valence-electron chi connectivity index (χ1n) is 15.7. The molecular formula is C37H44N2O5S. The Hall–Kier alpha value is -4.01. The molecule has 4 rings (SSSR count). The van der Waals surface area contributed by atoms with Gasteiger partial charge in [-0.1, -0.05) is 43.7 Å². The number of carbonyl (C=O) groups excluding carboxylic acids is 1. The Labute approximate surface area is 269 Å². The highest BCUT2D eigenvalue weighted by atomic mass is 32.2. The van der Waals surface area contributed by atoms with Crippen molar-refractivity contribution in [3.05, 3.63) is 102 Å². The monoisotopic (exact) mass is 628 g/mol. The molecule has 3 aromatic carbocycles. The molecule has 1 aromatic heterocycles. The maximum absolute atomic E-state index is 13.0. The first kappa shape index (κ1) is 33.9. The quantitative estimate of drug-likeness (QED) is 0.0834. The van der Waals surface area contributed by atoms with E-state index in [1.807, 2.05) is 98.1 Å². The number of unbranched alkanes of at least 4 members (excludes halogenated alkanes) is 1. The van der Waals surface area contributed by atoms with Crippen LogP contribution in [0.4, 0.5) is 0 Å². The van der Waals surface area contributed by atoms with Gasteiger partial charge in [0.25, 0.3) is 0 Å². The number of benzene rings is 3. The van der Waals surface area contributed by atoms with Gasteiger partial charge in [0.05, 0.1) is 47.5 Å². The number of aryl methyl sites for hydroxylation is 2. The van der Waals surface area contributed by atoms with E-state index in [2.05, 4.69) is 11.9 Å². The van der Waals surface area contributed by atoms with E-state index in [0.29, 0.717) is 25.6 Å². The van der Waals surface area contributed by atoms with Gasteiger partial charge < -0.3 is 18.8 Å². The third kappa shape index (κ3) is 9.99. The van der Waals surface area contributed by atoms with Gasteiger partial charge in [0.1, 0.15) is 18.1 Å². The molecule has 238 valence electrons. The predicted octanol–water partition coefficient (Wildman–Crippen LogP) is 7.61. The minimum atomic E-state index is -1.20. The maximum Gasteiger partial charge on any atom is 0.160 e. The van der Waals surface area contributed by atoms with E-state index in [0.717, 1.165) is 76.0 Å². The van der Waals surface area contributed by atoms with Gasteiger partial charge in [0, 0.05) is 30.0 Å². The van der Waals surface area contributed by atoms with Gasteiger partial charge in [-0.05, 0) is 92.4 Å². The van der Waals surface area contributed by atoms with Crippen molar-refractivity contribution < 1.29 is 23.2 Å². The van der Waals surface area contributed by atoms with Crippen molar-refractivity contribution in [1.29, 1.82) is 0 Å². The Morgan fingerprint density at radius 1 is 0.911 bits per heavy atom. The van der Waals surface area contributed by atoms with Crippen LogP contribution < -0.4 is 9.47 Å². The molecule has 4 aromatic rings. The number of ketones is 1. The number of allylic oxidation sites excluding steroid dienone is 1. The average molecular weight is 629 g/mol. The Morgan fingerprint density at radius 3 is 2.38 bits per heavy atom. The van der Waals surface area contributed by atoms with Crippen molar-refractivity contribution in [3.63, 3.8) is 0 Å². The number of ether oxygens (including phenoxy) is 3. The van der Waals surface area contributed by atoms with E-state index >= 15 is 0 Å². The molecule has 8 heteroatoms. The van der Waals surface area contributed by atoms with E-state index in [4.69, 9.17) is 14.2 Å². The van der Waals surface area contributed by atoms with E-state index < -0.39 is 10.8 Å². The molecular weight excluding hydrogens is 584 g/mol. The van der Waals surface area contributed by atoms with Crippen molar-refractivity contribution >= 4 is 22.7 Å². The molecule has 0 radical (unpaired) electrons. The zero-order valence-corrected chi connectivity index (χ0v) is 27.6. The summed E-state index contributed by atoms with van der Waals surface area (Å²) in [7, 11) is -1.20. The van der Waals surface area contributed by atoms with Crippen LogP contribution in [0.5, 0.6) is 11.5 Å². The third-order valence-electron chi connectivity index (χ3n) is 7.41. The Morgan fingerprint density at radius 2 is 1.67 bits per heavy atom. The summed E-state index contributed by atoms with van der Waals surface area (Å²) in [6.07, 6.45) is 7.64. The summed E-state index contributed by atoms with van der Waals surface area (Å²) < 4.78 is 32.2. The zero-order valence-electron chi connectivity index (χ0n) is 26.8. The fourth-order valence-electron chi connectivity index (χ4n) is 4.83. The summed E-state index contributed by atoms with van der Waals surface area (Å²) in [5.41, 5.74) is 5.65. The fraction of sp³-hybridized carbons (Fsp3) is 0.351. The third-order valence-corrected chi connectivity index (χ3v) is 8.75. The molecule has 0 amide bonds. The molecule has 7 nitrogen and oxygen atoms in total. The average Bonchev–Trinajstić information content (AvgIpc) is 3.41. The first-order chi connectivity index (χ1) is 21.9. The highest BCUT2D eigenvalue weighted by molar-refractivity contribution is 7.84. The molecule has 0 N–H and O–H groups in total. The molecule has 0 unspecified atom stereocenters. The molecule has 45 heavy (non-hydrogen) atoms. The normalized spacial score (nSPS) is 12.0. The van der Waals surface area contributed by atoms with Gasteiger partial charge in [0.2, 0.25) is 0 Å². The van der Waals surface area contributed by atoms with Crippen molar-refractivity contribution in [2.24, 2.45) is 0 Å². The number of hydrogen-bond acceptors (Lipinski definition) is 6. The van der Waals surface area contributed by atoms with E-state index in [-0.39, 0.29) is 12.2 Å². The summed E-state index contributed by atoms with van der Waals surface area (Å²) in [6.45, 7) is 11.2. The van der Waals surface area contributed by atoms with E-state index in [9.17, 15) is 9.00 Å². The second-order valence-electron chi connectivity index (χ2n) is 10.7. The molecule has 1 heterocycles. The lowest BCUT2D eigenvalue weighted by molar-refractivity contribution is -0.113. The number of nitrogens with zero attached hydrogens (tertiary/aromatic N) is 2. The summed E-state index contributed by atoms with van der Waals surface area (Å²) in [5.74, 6) is 1.90. The highest BCUT2D eigenvalue weighted by Gasteiger charge is 2.13. The molecule has 0 saturated carbocycles. The Kier molecular flexibility index (Phi) is 13.2. The first-order valence-corrected chi connectivity index (χ1v) is 17.0. The smallest absolute Gasteiger partial charge is 0.160 e. The predicted molar refractivity (Wildman–Crippen MR) is 181 cm³/mol. The molecule has 1 atom stereocenters. The minimum absolute atomic E-state index is 0.0284. The van der Waals surface area contributed by atoms with Gasteiger partial charge in [0.15, 0.2) is 5.78 Å². The van der Waals surface area contributed by atoms with E-state index in [1.165, 1.54) is 0 Å². The van der Waals surface area contributed by atoms with Crippen LogP contribution in [-0.4, -0.2) is 46.0 Å². The van der Waals surface area contributed by atoms with Crippen LogP contribution in [0.15, 0.2) is 84.0 Å². The van der Waals surface area contributed by atoms with Gasteiger partial charge in [-0.3, -0.25) is 9.00 Å². The minimum Gasteiger partial charge on any atom is -0.493 e. The van der Waals surface area contributed by atoms with Crippen LogP contribution in [0.3, 0.4) is 0 Å². The standard InChI is InChI=1S/C37H44N2O5S/c1-5-8-21-42-22-23-44-34-16-12-30(13-17-34)31-14-20-37(43-7-3)32(25-31)11-15-33(40)24-29-9-18-35(19-10-29)45(41)26-36-28(4)38-27-39(36)6-2/h9-20,25,27H,5-8,21-24,26H2,1-4H3/b15-11+/t45-/m1/s1. The largest absolute Gasteiger partial charge is 0.493 e. The lowest BCUT2D eigenvalue weighted by atomic mass is 10.0. The molecule has 0 aliphatic heterocycles. The second kappa shape index (κ2) is 17.5. The molecule has 0 fully saturated rings. The lowest BCUT2D eigenvalue weighted by Crippen LogP contribution is -2.07. The van der Waals surface area contributed by atoms with Crippen molar-refractivity contribution in [3.8, 4) is 22.6 Å². The maximum atomic E-state index is 13.0. The fourth-order valence-corrected chi connectivity index (χ4v) is 6.06. The second-order valence-corrected chi connectivity index (χ2v) is 12.1. The SMILES string of the molecule is CCCCOCCOc1ccc(-c2ccc(OCC)c(/C=C/C(=O)Cc3ccc([S@](=O)Cc4c(C)ncn4CC)cc3)c2)cc1. The Bertz CT molecular complexity index is 1580. The van der Waals surface area contributed by atoms with Crippen molar-refractivity contribution in [2.75, 3.05) is 26.4 Å². The number of rotatable bonds is 18. The summed E-state index contributed by atoms with van der Waals surface area (Å²) >= 11 is 0. The summed E-state index contributed by atoms with van der Waals surface area (Å²) in [6, 6.07) is 21.4. The Balaban J connectivity index is 1.37. The molecule has 0 spiro atoms. The summed E-state index contributed by atoms with van der Waals surface area (Å²) in [4.78, 5) is 18.0.